The molecule has 22 heavy (non-hydrogen) atoms. The number of hydrogen-bond donors (Lipinski definition) is 1. The highest BCUT2D eigenvalue weighted by Crippen LogP contribution is 2.20. The zero-order chi connectivity index (χ0) is 16.1. The van der Waals surface area contributed by atoms with E-state index in [0.29, 0.717) is 24.3 Å². The van der Waals surface area contributed by atoms with E-state index in [4.69, 9.17) is 4.74 Å². The summed E-state index contributed by atoms with van der Waals surface area (Å²) in [5, 5.41) is 2.81. The van der Waals surface area contributed by atoms with Crippen molar-refractivity contribution in [2.45, 2.75) is 19.8 Å². The van der Waals surface area contributed by atoms with Gasteiger partial charge in [0.15, 0.2) is 5.78 Å². The van der Waals surface area contributed by atoms with Gasteiger partial charge in [-0.15, -0.1) is 0 Å². The van der Waals surface area contributed by atoms with Gasteiger partial charge < -0.3 is 15.0 Å². The second-order valence-electron chi connectivity index (χ2n) is 5.38. The normalized spacial score (nSPS) is 17.7. The van der Waals surface area contributed by atoms with Crippen LogP contribution in [0.25, 0.3) is 0 Å². The van der Waals surface area contributed by atoms with Gasteiger partial charge in [0, 0.05) is 24.3 Å². The van der Waals surface area contributed by atoms with Gasteiger partial charge in [-0.05, 0) is 31.9 Å². The Hall–Kier alpha value is -2.37. The second-order valence-corrected chi connectivity index (χ2v) is 5.38. The van der Waals surface area contributed by atoms with Crippen molar-refractivity contribution < 1.29 is 19.1 Å². The maximum atomic E-state index is 12.3. The number of carbonyl (C=O) groups excluding carboxylic acids is 3. The maximum absolute atomic E-state index is 12.3. The Morgan fingerprint density at radius 2 is 2.09 bits per heavy atom. The zero-order valence-corrected chi connectivity index (χ0v) is 12.8. The van der Waals surface area contributed by atoms with Gasteiger partial charge in [0.1, 0.15) is 0 Å². The quantitative estimate of drug-likeness (QED) is 0.869. The van der Waals surface area contributed by atoms with Gasteiger partial charge >= 0.3 is 6.09 Å². The summed E-state index contributed by atoms with van der Waals surface area (Å²) in [6.45, 7) is 2.44. The molecule has 0 aromatic heterocycles. The van der Waals surface area contributed by atoms with Crippen LogP contribution in [0.1, 0.15) is 30.1 Å². The lowest BCUT2D eigenvalue weighted by molar-refractivity contribution is -0.121. The summed E-state index contributed by atoms with van der Waals surface area (Å²) in [5.74, 6) is -0.464. The zero-order valence-electron chi connectivity index (χ0n) is 12.8. The first-order valence-corrected chi connectivity index (χ1v) is 7.26. The lowest BCUT2D eigenvalue weighted by Crippen LogP contribution is -2.43. The van der Waals surface area contributed by atoms with Crippen LogP contribution in [-0.2, 0) is 9.53 Å². The van der Waals surface area contributed by atoms with Crippen molar-refractivity contribution in [3.63, 3.8) is 0 Å². The third kappa shape index (κ3) is 3.84. The molecule has 0 aliphatic carbocycles. The van der Waals surface area contributed by atoms with E-state index in [9.17, 15) is 14.4 Å². The van der Waals surface area contributed by atoms with Gasteiger partial charge in [-0.2, -0.15) is 0 Å². The molecule has 1 aromatic carbocycles. The molecule has 118 valence electrons. The molecule has 1 aliphatic heterocycles. The van der Waals surface area contributed by atoms with E-state index >= 15 is 0 Å². The number of ketones is 1. The third-order valence-electron chi connectivity index (χ3n) is 3.76. The first kappa shape index (κ1) is 16.0. The van der Waals surface area contributed by atoms with Crippen LogP contribution in [0.15, 0.2) is 24.3 Å². The molecule has 0 spiro atoms. The third-order valence-corrected chi connectivity index (χ3v) is 3.76. The van der Waals surface area contributed by atoms with Gasteiger partial charge in [-0.25, -0.2) is 4.79 Å². The minimum absolute atomic E-state index is 0.0503. The van der Waals surface area contributed by atoms with Crippen molar-refractivity contribution in [3.8, 4) is 0 Å². The molecule has 0 bridgehead atoms. The number of nitrogens with zero attached hydrogens (tertiary/aromatic N) is 1. The number of likely N-dealkylation sites (tertiary alicyclic amines) is 1. The first-order chi connectivity index (χ1) is 10.5. The summed E-state index contributed by atoms with van der Waals surface area (Å²) in [7, 11) is 1.33. The molecule has 1 fully saturated rings. The fourth-order valence-electron chi connectivity index (χ4n) is 2.55. The van der Waals surface area contributed by atoms with Crippen LogP contribution >= 0.6 is 0 Å². The van der Waals surface area contributed by atoms with E-state index in [1.165, 1.54) is 14.0 Å². The van der Waals surface area contributed by atoms with Gasteiger partial charge in [0.2, 0.25) is 5.91 Å². The standard InChI is InChI=1S/C16H20N2O4/c1-11(19)12-5-3-7-14(9-12)17-15(20)13-6-4-8-18(10-13)16(21)22-2/h3,5,7,9,13H,4,6,8,10H2,1-2H3,(H,17,20). The number of benzene rings is 1. The van der Waals surface area contributed by atoms with E-state index in [0.717, 1.165) is 12.8 Å². The van der Waals surface area contributed by atoms with Gasteiger partial charge in [0.25, 0.3) is 0 Å². The van der Waals surface area contributed by atoms with Crippen molar-refractivity contribution in [2.24, 2.45) is 5.92 Å². The Morgan fingerprint density at radius 1 is 1.32 bits per heavy atom. The summed E-state index contributed by atoms with van der Waals surface area (Å²) in [5.41, 5.74) is 1.14. The highest BCUT2D eigenvalue weighted by atomic mass is 16.5. The van der Waals surface area contributed by atoms with Crippen LogP contribution in [0, 0.1) is 5.92 Å². The van der Waals surface area contributed by atoms with E-state index in [-0.39, 0.29) is 17.6 Å². The van der Waals surface area contributed by atoms with Crippen LogP contribution in [0.5, 0.6) is 0 Å². The van der Waals surface area contributed by atoms with Crippen molar-refractivity contribution in [3.05, 3.63) is 29.8 Å². The molecule has 1 N–H and O–H groups in total. The first-order valence-electron chi connectivity index (χ1n) is 7.26. The number of piperidine rings is 1. The molecular weight excluding hydrogens is 284 g/mol. The molecule has 6 nitrogen and oxygen atoms in total. The van der Waals surface area contributed by atoms with E-state index in [1.807, 2.05) is 0 Å². The molecule has 2 amide bonds. The number of nitrogens with one attached hydrogen (secondary N) is 1. The van der Waals surface area contributed by atoms with E-state index < -0.39 is 6.09 Å². The summed E-state index contributed by atoms with van der Waals surface area (Å²) in [4.78, 5) is 36.8. The molecule has 1 aliphatic rings. The molecule has 1 saturated heterocycles. The van der Waals surface area contributed by atoms with Crippen LogP contribution in [0.3, 0.4) is 0 Å². The van der Waals surface area contributed by atoms with Crippen molar-refractivity contribution >= 4 is 23.5 Å². The fraction of sp³-hybridized carbons (Fsp3) is 0.438. The fourth-order valence-corrected chi connectivity index (χ4v) is 2.55. The molecule has 1 aromatic rings. The number of methoxy groups -OCH3 is 1. The smallest absolute Gasteiger partial charge is 0.409 e. The molecule has 1 unspecified atom stereocenters. The summed E-state index contributed by atoms with van der Waals surface area (Å²) in [6.07, 6.45) is 1.09. The molecule has 0 radical (unpaired) electrons. The molecule has 1 atom stereocenters. The highest BCUT2D eigenvalue weighted by Gasteiger charge is 2.28. The molecule has 6 heteroatoms. The maximum Gasteiger partial charge on any atom is 0.409 e. The Labute approximate surface area is 129 Å². The number of hydrogen-bond acceptors (Lipinski definition) is 4. The Kier molecular flexibility index (Phi) is 5.14. The predicted octanol–water partition coefficient (Wildman–Crippen LogP) is 2.31. The van der Waals surface area contributed by atoms with Crippen molar-refractivity contribution in [1.29, 1.82) is 0 Å². The topological polar surface area (TPSA) is 75.7 Å². The van der Waals surface area contributed by atoms with Crippen LogP contribution < -0.4 is 5.32 Å². The Bertz CT molecular complexity index is 585. The SMILES string of the molecule is COC(=O)N1CCCC(C(=O)Nc2cccc(C(C)=O)c2)C1. The average Bonchev–Trinajstić information content (AvgIpc) is 2.54. The number of Topliss-reactive ketones (excluding diaryl/α,β-unsaturated/α-hetero) is 1. The molecular formula is C16H20N2O4. The summed E-state index contributed by atoms with van der Waals surface area (Å²) in [6, 6.07) is 6.83. The lowest BCUT2D eigenvalue weighted by atomic mass is 9.97. The molecule has 0 saturated carbocycles. The van der Waals surface area contributed by atoms with Crippen molar-refractivity contribution in [2.75, 3.05) is 25.5 Å². The van der Waals surface area contributed by atoms with E-state index in [2.05, 4.69) is 5.32 Å². The lowest BCUT2D eigenvalue weighted by Gasteiger charge is -2.30. The minimum Gasteiger partial charge on any atom is -0.453 e. The summed E-state index contributed by atoms with van der Waals surface area (Å²) < 4.78 is 4.70. The number of rotatable bonds is 3. The molecule has 2 rings (SSSR count). The van der Waals surface area contributed by atoms with Crippen LogP contribution in [0.2, 0.25) is 0 Å². The molecule has 1 heterocycles. The Balaban J connectivity index is 2.01. The average molecular weight is 304 g/mol. The number of carbonyl (C=O) groups is 3. The Morgan fingerprint density at radius 3 is 2.77 bits per heavy atom. The minimum atomic E-state index is -0.406. The van der Waals surface area contributed by atoms with Gasteiger partial charge in [-0.3, -0.25) is 9.59 Å². The predicted molar refractivity (Wildman–Crippen MR) is 81.8 cm³/mol. The van der Waals surface area contributed by atoms with Crippen LogP contribution in [0.4, 0.5) is 10.5 Å². The summed E-state index contributed by atoms with van der Waals surface area (Å²) >= 11 is 0. The van der Waals surface area contributed by atoms with Crippen molar-refractivity contribution in [1.82, 2.24) is 4.90 Å². The van der Waals surface area contributed by atoms with E-state index in [1.54, 1.807) is 29.2 Å². The number of anilines is 1. The largest absolute Gasteiger partial charge is 0.453 e. The monoisotopic (exact) mass is 304 g/mol. The van der Waals surface area contributed by atoms with Gasteiger partial charge in [-0.1, -0.05) is 12.1 Å². The van der Waals surface area contributed by atoms with Gasteiger partial charge in [0.05, 0.1) is 13.0 Å². The second kappa shape index (κ2) is 7.06. The number of ether oxygens (including phenoxy) is 1. The highest BCUT2D eigenvalue weighted by molar-refractivity contribution is 5.97. The number of amides is 2. The van der Waals surface area contributed by atoms with Crippen LogP contribution in [-0.4, -0.2) is 42.9 Å².